The third-order valence-electron chi connectivity index (χ3n) is 4.34. The molecule has 31 heavy (non-hydrogen) atoms. The Kier molecular flexibility index (Phi) is 5.56. The molecule has 0 bridgehead atoms. The van der Waals surface area contributed by atoms with Gasteiger partial charge in [-0.15, -0.1) is 0 Å². The molecule has 4 rings (SSSR count). The highest BCUT2D eigenvalue weighted by Gasteiger charge is 2.23. The van der Waals surface area contributed by atoms with Crippen molar-refractivity contribution in [3.8, 4) is 23.0 Å². The molecule has 0 aliphatic heterocycles. The Morgan fingerprint density at radius 2 is 1.94 bits per heavy atom. The molecule has 0 aliphatic rings. The van der Waals surface area contributed by atoms with Gasteiger partial charge in [-0.05, 0) is 25.2 Å². The molecule has 2 aromatic carbocycles. The van der Waals surface area contributed by atoms with Gasteiger partial charge in [0.1, 0.15) is 17.3 Å². The number of nitrogens with one attached hydrogen (secondary N) is 2. The van der Waals surface area contributed by atoms with Crippen LogP contribution in [0.15, 0.2) is 42.5 Å². The molecule has 2 heterocycles. The smallest absolute Gasteiger partial charge is 0.324 e. The number of benzene rings is 2. The topological polar surface area (TPSA) is 110 Å². The molecule has 0 fully saturated rings. The minimum atomic E-state index is -3.75. The van der Waals surface area contributed by atoms with Crippen molar-refractivity contribution in [1.29, 1.82) is 0 Å². The predicted octanol–water partition coefficient (Wildman–Crippen LogP) is 3.79. The summed E-state index contributed by atoms with van der Waals surface area (Å²) in [4.78, 5) is 8.32. The van der Waals surface area contributed by atoms with Crippen LogP contribution in [0.25, 0.3) is 22.3 Å². The molecular weight excluding hydrogens is 452 g/mol. The highest BCUT2D eigenvalue weighted by molar-refractivity contribution is 7.88. The Hall–Kier alpha value is -3.15. The van der Waals surface area contributed by atoms with Gasteiger partial charge in [0.15, 0.2) is 17.2 Å². The van der Waals surface area contributed by atoms with E-state index in [2.05, 4.69) is 24.9 Å². The van der Waals surface area contributed by atoms with Gasteiger partial charge < -0.3 is 4.74 Å². The number of H-pyrrole nitrogens is 1. The van der Waals surface area contributed by atoms with E-state index in [1.807, 2.05) is 0 Å². The van der Waals surface area contributed by atoms with Crippen LogP contribution in [0.1, 0.15) is 5.69 Å². The number of sulfonamides is 1. The number of hydrogen-bond donors (Lipinski definition) is 2. The normalized spacial score (nSPS) is 11.7. The maximum atomic E-state index is 14.0. The quantitative estimate of drug-likeness (QED) is 0.448. The minimum Gasteiger partial charge on any atom is -0.421 e. The molecule has 160 valence electrons. The maximum Gasteiger partial charge on any atom is 0.324 e. The molecule has 0 radical (unpaired) electrons. The van der Waals surface area contributed by atoms with Gasteiger partial charge in [0.05, 0.1) is 16.1 Å². The average Bonchev–Trinajstić information content (AvgIpc) is 3.14. The predicted molar refractivity (Wildman–Crippen MR) is 110 cm³/mol. The van der Waals surface area contributed by atoms with E-state index < -0.39 is 27.4 Å². The molecule has 0 saturated heterocycles. The molecule has 2 N–H and O–H groups in total. The number of halogens is 3. The lowest BCUT2D eigenvalue weighted by Gasteiger charge is -2.09. The summed E-state index contributed by atoms with van der Waals surface area (Å²) in [7, 11) is -2.48. The Balaban J connectivity index is 1.88. The van der Waals surface area contributed by atoms with E-state index in [4.69, 9.17) is 16.3 Å². The van der Waals surface area contributed by atoms with Crippen LogP contribution in [-0.4, -0.2) is 35.6 Å². The third-order valence-corrected chi connectivity index (χ3v) is 5.94. The Labute approximate surface area is 180 Å². The summed E-state index contributed by atoms with van der Waals surface area (Å²) in [5.41, 5.74) is 1.10. The first-order valence-corrected chi connectivity index (χ1v) is 10.8. The monoisotopic (exact) mass is 465 g/mol. The molecule has 0 unspecified atom stereocenters. The Morgan fingerprint density at radius 3 is 2.65 bits per heavy atom. The van der Waals surface area contributed by atoms with E-state index in [0.29, 0.717) is 27.7 Å². The summed E-state index contributed by atoms with van der Waals surface area (Å²) in [6.45, 7) is 0. The van der Waals surface area contributed by atoms with Gasteiger partial charge >= 0.3 is 6.01 Å². The van der Waals surface area contributed by atoms with Crippen LogP contribution in [0.2, 0.25) is 5.02 Å². The molecule has 12 heteroatoms. The van der Waals surface area contributed by atoms with Crippen molar-refractivity contribution >= 4 is 32.7 Å². The van der Waals surface area contributed by atoms with Crippen LogP contribution in [0, 0.1) is 11.6 Å². The molecule has 0 saturated carbocycles. The number of aromatic nitrogens is 4. The minimum absolute atomic E-state index is 0.0561. The zero-order valence-electron chi connectivity index (χ0n) is 15.9. The van der Waals surface area contributed by atoms with Crippen LogP contribution in [-0.2, 0) is 15.8 Å². The Morgan fingerprint density at radius 1 is 1.16 bits per heavy atom. The maximum absolute atomic E-state index is 14.0. The van der Waals surface area contributed by atoms with Crippen LogP contribution >= 0.6 is 11.6 Å². The number of hydrogen-bond acceptors (Lipinski definition) is 6. The summed E-state index contributed by atoms with van der Waals surface area (Å²) in [5.74, 6) is -2.59. The Bertz CT molecular complexity index is 1390. The average molecular weight is 466 g/mol. The summed E-state index contributed by atoms with van der Waals surface area (Å²) >= 11 is 6.28. The van der Waals surface area contributed by atoms with E-state index in [0.717, 1.165) is 12.1 Å². The summed E-state index contributed by atoms with van der Waals surface area (Å²) in [5, 5.41) is 7.63. The summed E-state index contributed by atoms with van der Waals surface area (Å²) in [6, 6.07) is 9.26. The van der Waals surface area contributed by atoms with E-state index >= 15 is 0 Å². The lowest BCUT2D eigenvalue weighted by atomic mass is 10.1. The van der Waals surface area contributed by atoms with Crippen molar-refractivity contribution in [2.45, 2.75) is 5.75 Å². The fourth-order valence-corrected chi connectivity index (χ4v) is 3.82. The van der Waals surface area contributed by atoms with Crippen molar-refractivity contribution < 1.29 is 21.9 Å². The first-order valence-electron chi connectivity index (χ1n) is 8.81. The second kappa shape index (κ2) is 8.17. The van der Waals surface area contributed by atoms with Gasteiger partial charge in [0, 0.05) is 11.6 Å². The van der Waals surface area contributed by atoms with Crippen molar-refractivity contribution in [1.82, 2.24) is 24.9 Å². The summed E-state index contributed by atoms with van der Waals surface area (Å²) in [6.07, 6.45) is 0. The molecule has 2 aromatic heterocycles. The van der Waals surface area contributed by atoms with Gasteiger partial charge in [-0.3, -0.25) is 5.10 Å². The lowest BCUT2D eigenvalue weighted by Crippen LogP contribution is -2.21. The standard InChI is InChI=1S/C19H14ClF2N5O3S/c1-23-31(28,29)9-14-16-17(11-4-2-3-5-12(11)20)26-27-18(16)25-19(24-14)30-15-7-6-10(21)8-13(15)22/h2-8,23H,9H2,1H3,(H,24,25,26,27). The fourth-order valence-electron chi connectivity index (χ4n) is 2.89. The second-order valence-corrected chi connectivity index (χ2v) is 8.70. The van der Waals surface area contributed by atoms with Crippen LogP contribution in [0.4, 0.5) is 8.78 Å². The van der Waals surface area contributed by atoms with E-state index in [1.54, 1.807) is 24.3 Å². The van der Waals surface area contributed by atoms with Crippen molar-refractivity contribution in [3.63, 3.8) is 0 Å². The van der Waals surface area contributed by atoms with Gasteiger partial charge in [-0.25, -0.2) is 21.9 Å². The molecule has 8 nitrogen and oxygen atoms in total. The van der Waals surface area contributed by atoms with Crippen LogP contribution in [0.5, 0.6) is 11.8 Å². The lowest BCUT2D eigenvalue weighted by molar-refractivity contribution is 0.408. The molecule has 0 aliphatic carbocycles. The second-order valence-electron chi connectivity index (χ2n) is 6.37. The number of rotatable bonds is 6. The van der Waals surface area contributed by atoms with Crippen molar-refractivity contribution in [2.24, 2.45) is 0 Å². The zero-order chi connectivity index (χ0) is 22.2. The first kappa shape index (κ1) is 21.1. The fraction of sp³-hybridized carbons (Fsp3) is 0.105. The highest BCUT2D eigenvalue weighted by atomic mass is 35.5. The molecule has 0 atom stereocenters. The highest BCUT2D eigenvalue weighted by Crippen LogP contribution is 2.34. The number of fused-ring (bicyclic) bond motifs is 1. The van der Waals surface area contributed by atoms with Gasteiger partial charge in [0.2, 0.25) is 10.0 Å². The first-order chi connectivity index (χ1) is 14.8. The van der Waals surface area contributed by atoms with E-state index in [-0.39, 0.29) is 23.1 Å². The SMILES string of the molecule is CNS(=O)(=O)Cc1nc(Oc2ccc(F)cc2F)nc2[nH]nc(-c3ccccc3Cl)c12. The van der Waals surface area contributed by atoms with E-state index in [9.17, 15) is 17.2 Å². The number of aromatic amines is 1. The number of nitrogens with zero attached hydrogens (tertiary/aromatic N) is 3. The van der Waals surface area contributed by atoms with Crippen molar-refractivity contribution in [3.05, 3.63) is 64.8 Å². The van der Waals surface area contributed by atoms with Gasteiger partial charge in [-0.2, -0.15) is 15.1 Å². The van der Waals surface area contributed by atoms with Crippen LogP contribution in [0.3, 0.4) is 0 Å². The van der Waals surface area contributed by atoms with Crippen LogP contribution < -0.4 is 9.46 Å². The molecule has 0 amide bonds. The van der Waals surface area contributed by atoms with Gasteiger partial charge in [0.25, 0.3) is 0 Å². The number of ether oxygens (including phenoxy) is 1. The largest absolute Gasteiger partial charge is 0.421 e. The van der Waals surface area contributed by atoms with E-state index in [1.165, 1.54) is 7.05 Å². The van der Waals surface area contributed by atoms with Crippen molar-refractivity contribution in [2.75, 3.05) is 7.05 Å². The molecule has 0 spiro atoms. The summed E-state index contributed by atoms with van der Waals surface area (Å²) < 4.78 is 59.2. The zero-order valence-corrected chi connectivity index (χ0v) is 17.4. The molecular formula is C19H14ClF2N5O3S. The third kappa shape index (κ3) is 4.33. The van der Waals surface area contributed by atoms with Gasteiger partial charge in [-0.1, -0.05) is 29.8 Å². The molecule has 4 aromatic rings.